The zero-order chi connectivity index (χ0) is 19.7. The summed E-state index contributed by atoms with van der Waals surface area (Å²) >= 11 is 0. The third kappa shape index (κ3) is 3.23. The van der Waals surface area contributed by atoms with Gasteiger partial charge >= 0.3 is 5.88 Å². The van der Waals surface area contributed by atoms with E-state index in [1.807, 2.05) is 54.1 Å². The SMILES string of the molecule is COc1ccc(-c2nc3cc(N=Cc4ccc([N+](=O)[O-])o4)ccc3n2C)cc1. The first-order valence-electron chi connectivity index (χ1n) is 8.44. The van der Waals surface area contributed by atoms with Gasteiger partial charge in [-0.3, -0.25) is 15.1 Å². The van der Waals surface area contributed by atoms with Crippen LogP contribution in [0.15, 0.2) is 64.0 Å². The summed E-state index contributed by atoms with van der Waals surface area (Å²) in [5.74, 6) is 1.62. The van der Waals surface area contributed by atoms with Crippen molar-refractivity contribution in [3.8, 4) is 17.1 Å². The number of hydrogen-bond donors (Lipinski definition) is 0. The second-order valence-corrected chi connectivity index (χ2v) is 6.09. The van der Waals surface area contributed by atoms with E-state index in [1.165, 1.54) is 18.3 Å². The van der Waals surface area contributed by atoms with Gasteiger partial charge in [-0.15, -0.1) is 0 Å². The summed E-state index contributed by atoms with van der Waals surface area (Å²) in [5, 5.41) is 10.7. The summed E-state index contributed by atoms with van der Waals surface area (Å²) in [6.07, 6.45) is 1.45. The first-order valence-corrected chi connectivity index (χ1v) is 8.44. The maximum Gasteiger partial charge on any atom is 0.433 e. The van der Waals surface area contributed by atoms with E-state index in [0.29, 0.717) is 11.4 Å². The highest BCUT2D eigenvalue weighted by Crippen LogP contribution is 2.28. The van der Waals surface area contributed by atoms with Crippen LogP contribution in [0.1, 0.15) is 5.76 Å². The van der Waals surface area contributed by atoms with E-state index in [2.05, 4.69) is 4.99 Å². The van der Waals surface area contributed by atoms with Crippen molar-refractivity contribution in [1.82, 2.24) is 9.55 Å². The minimum absolute atomic E-state index is 0.312. The Morgan fingerprint density at radius 2 is 1.96 bits per heavy atom. The number of ether oxygens (including phenoxy) is 1. The third-order valence-corrected chi connectivity index (χ3v) is 4.35. The van der Waals surface area contributed by atoms with Gasteiger partial charge in [-0.1, -0.05) is 0 Å². The number of aryl methyl sites for hydroxylation is 1. The summed E-state index contributed by atoms with van der Waals surface area (Å²) < 4.78 is 12.3. The molecule has 2 aromatic carbocycles. The molecule has 0 N–H and O–H groups in total. The van der Waals surface area contributed by atoms with Crippen molar-refractivity contribution in [2.45, 2.75) is 0 Å². The molecule has 0 saturated heterocycles. The molecule has 0 aliphatic heterocycles. The summed E-state index contributed by atoms with van der Waals surface area (Å²) in [7, 11) is 3.59. The van der Waals surface area contributed by atoms with Gasteiger partial charge in [0.25, 0.3) is 0 Å². The normalized spacial score (nSPS) is 11.4. The number of aromatic nitrogens is 2. The summed E-state index contributed by atoms with van der Waals surface area (Å²) in [5.41, 5.74) is 3.42. The Morgan fingerprint density at radius 3 is 2.64 bits per heavy atom. The van der Waals surface area contributed by atoms with Crippen molar-refractivity contribution in [1.29, 1.82) is 0 Å². The molecule has 4 rings (SSSR count). The van der Waals surface area contributed by atoms with Gasteiger partial charge in [0, 0.05) is 12.6 Å². The molecule has 0 aliphatic rings. The molecule has 0 radical (unpaired) electrons. The largest absolute Gasteiger partial charge is 0.497 e. The minimum atomic E-state index is -0.585. The van der Waals surface area contributed by atoms with Crippen LogP contribution in [-0.2, 0) is 7.05 Å². The van der Waals surface area contributed by atoms with E-state index < -0.39 is 4.92 Å². The fraction of sp³-hybridized carbons (Fsp3) is 0.100. The van der Waals surface area contributed by atoms with Crippen LogP contribution in [0.25, 0.3) is 22.4 Å². The molecule has 0 unspecified atom stereocenters. The summed E-state index contributed by atoms with van der Waals surface area (Å²) in [6.45, 7) is 0. The predicted molar refractivity (Wildman–Crippen MR) is 105 cm³/mol. The fourth-order valence-corrected chi connectivity index (χ4v) is 2.91. The second-order valence-electron chi connectivity index (χ2n) is 6.09. The second kappa shape index (κ2) is 6.99. The Morgan fingerprint density at radius 1 is 1.18 bits per heavy atom. The zero-order valence-corrected chi connectivity index (χ0v) is 15.2. The molecule has 0 fully saturated rings. The Bertz CT molecular complexity index is 1190. The van der Waals surface area contributed by atoms with Crippen LogP contribution < -0.4 is 4.74 Å². The molecule has 28 heavy (non-hydrogen) atoms. The molecule has 0 atom stereocenters. The number of fused-ring (bicyclic) bond motifs is 1. The van der Waals surface area contributed by atoms with Crippen molar-refractivity contribution in [3.05, 3.63) is 70.5 Å². The fourth-order valence-electron chi connectivity index (χ4n) is 2.91. The average Bonchev–Trinajstić information content (AvgIpc) is 3.31. The number of imidazole rings is 1. The van der Waals surface area contributed by atoms with Gasteiger partial charge < -0.3 is 13.7 Å². The van der Waals surface area contributed by atoms with E-state index in [0.717, 1.165) is 28.2 Å². The zero-order valence-electron chi connectivity index (χ0n) is 15.2. The molecule has 2 aromatic heterocycles. The lowest BCUT2D eigenvalue weighted by atomic mass is 10.2. The molecule has 8 nitrogen and oxygen atoms in total. The molecule has 0 amide bonds. The lowest BCUT2D eigenvalue weighted by molar-refractivity contribution is -0.402. The molecule has 0 aliphatic carbocycles. The quantitative estimate of drug-likeness (QED) is 0.290. The van der Waals surface area contributed by atoms with Crippen molar-refractivity contribution >= 4 is 28.8 Å². The Hall–Kier alpha value is -3.94. The predicted octanol–water partition coefficient (Wildman–Crippen LogP) is 4.50. The molecular formula is C20H16N4O4. The summed E-state index contributed by atoms with van der Waals surface area (Å²) in [4.78, 5) is 19.1. The number of furan rings is 1. The van der Waals surface area contributed by atoms with Crippen LogP contribution in [0.2, 0.25) is 0 Å². The summed E-state index contributed by atoms with van der Waals surface area (Å²) in [6, 6.07) is 16.2. The van der Waals surface area contributed by atoms with Gasteiger partial charge in [0.05, 0.1) is 36.1 Å². The standard InChI is InChI=1S/C20H16N4O4/c1-23-18-9-5-14(21-12-16-8-10-19(28-16)24(25)26)11-17(18)22-20(23)13-3-6-15(27-2)7-4-13/h3-12H,1-2H3. The Balaban J connectivity index is 1.65. The van der Waals surface area contributed by atoms with Crippen molar-refractivity contribution in [2.75, 3.05) is 7.11 Å². The van der Waals surface area contributed by atoms with E-state index in [9.17, 15) is 10.1 Å². The Kier molecular flexibility index (Phi) is 4.36. The molecule has 8 heteroatoms. The number of benzene rings is 2. The smallest absolute Gasteiger partial charge is 0.433 e. The molecule has 0 bridgehead atoms. The van der Waals surface area contributed by atoms with E-state index in [4.69, 9.17) is 14.1 Å². The highest BCUT2D eigenvalue weighted by atomic mass is 16.6. The van der Waals surface area contributed by atoms with Crippen LogP contribution in [-0.4, -0.2) is 27.8 Å². The lowest BCUT2D eigenvalue weighted by Crippen LogP contribution is -1.92. The van der Waals surface area contributed by atoms with Gasteiger partial charge in [0.15, 0.2) is 5.76 Å². The van der Waals surface area contributed by atoms with Crippen LogP contribution >= 0.6 is 0 Å². The van der Waals surface area contributed by atoms with E-state index in [1.54, 1.807) is 7.11 Å². The monoisotopic (exact) mass is 376 g/mol. The molecule has 4 aromatic rings. The third-order valence-electron chi connectivity index (χ3n) is 4.35. The van der Waals surface area contributed by atoms with Crippen LogP contribution in [0.3, 0.4) is 0 Å². The number of nitrogens with zero attached hydrogens (tertiary/aromatic N) is 4. The van der Waals surface area contributed by atoms with Crippen molar-refractivity contribution in [3.63, 3.8) is 0 Å². The van der Waals surface area contributed by atoms with Crippen LogP contribution in [0.4, 0.5) is 11.6 Å². The molecular weight excluding hydrogens is 360 g/mol. The first kappa shape index (κ1) is 17.5. The van der Waals surface area contributed by atoms with Crippen molar-refractivity contribution < 1.29 is 14.1 Å². The lowest BCUT2D eigenvalue weighted by Gasteiger charge is -2.04. The number of hydrogen-bond acceptors (Lipinski definition) is 6. The van der Waals surface area contributed by atoms with Gasteiger partial charge in [-0.05, 0) is 48.5 Å². The number of rotatable bonds is 5. The minimum Gasteiger partial charge on any atom is -0.497 e. The number of methoxy groups -OCH3 is 1. The topological polar surface area (TPSA) is 95.7 Å². The number of nitro groups is 1. The molecule has 0 spiro atoms. The first-order chi connectivity index (χ1) is 13.5. The van der Waals surface area contributed by atoms with Crippen LogP contribution in [0.5, 0.6) is 5.75 Å². The molecule has 0 saturated carbocycles. The maximum atomic E-state index is 10.7. The Labute approximate surface area is 159 Å². The van der Waals surface area contributed by atoms with Crippen molar-refractivity contribution in [2.24, 2.45) is 12.0 Å². The van der Waals surface area contributed by atoms with Gasteiger partial charge in [0.2, 0.25) is 0 Å². The van der Waals surface area contributed by atoms with Gasteiger partial charge in [-0.25, -0.2) is 4.98 Å². The van der Waals surface area contributed by atoms with Gasteiger partial charge in [0.1, 0.15) is 16.5 Å². The molecule has 140 valence electrons. The van der Waals surface area contributed by atoms with Crippen LogP contribution in [0, 0.1) is 10.1 Å². The highest BCUT2D eigenvalue weighted by molar-refractivity contribution is 5.85. The number of aliphatic imine (C=N–C) groups is 1. The molecule has 2 heterocycles. The highest BCUT2D eigenvalue weighted by Gasteiger charge is 2.12. The van der Waals surface area contributed by atoms with E-state index >= 15 is 0 Å². The van der Waals surface area contributed by atoms with E-state index in [-0.39, 0.29) is 5.88 Å². The average molecular weight is 376 g/mol. The van der Waals surface area contributed by atoms with Gasteiger partial charge in [-0.2, -0.15) is 0 Å². The maximum absolute atomic E-state index is 10.7.